The molecule has 0 bridgehead atoms. The topological polar surface area (TPSA) is 111 Å². The van der Waals surface area contributed by atoms with Crippen LogP contribution in [0.1, 0.15) is 70.6 Å². The van der Waals surface area contributed by atoms with E-state index in [9.17, 15) is 14.4 Å². The SMILES string of the molecule is Cc1cnc(NC2CCN(c3ccc(CN4CCC(c5ccc6c(c5)CN(C5CCC(=O)NC5=O)C6=O)C(F)(F)C4)cc3)CC2)nc1. The Morgan fingerprint density at radius 2 is 1.70 bits per heavy atom. The van der Waals surface area contributed by atoms with Gasteiger partial charge in [0.2, 0.25) is 17.8 Å². The lowest BCUT2D eigenvalue weighted by Crippen LogP contribution is -2.52. The van der Waals surface area contributed by atoms with Crippen molar-refractivity contribution >= 4 is 29.4 Å². The Hall–Kier alpha value is -4.45. The number of nitrogens with one attached hydrogen (secondary N) is 2. The van der Waals surface area contributed by atoms with Crippen LogP contribution in [0.5, 0.6) is 0 Å². The zero-order valence-electron chi connectivity index (χ0n) is 26.4. The van der Waals surface area contributed by atoms with Crippen LogP contribution in [0.2, 0.25) is 0 Å². The highest BCUT2D eigenvalue weighted by molar-refractivity contribution is 6.05. The normalized spacial score (nSPS) is 23.5. The second kappa shape index (κ2) is 12.6. The number of piperidine rings is 3. The molecule has 10 nitrogen and oxygen atoms in total. The molecule has 47 heavy (non-hydrogen) atoms. The molecule has 0 saturated carbocycles. The van der Waals surface area contributed by atoms with E-state index in [1.165, 1.54) is 4.90 Å². The lowest BCUT2D eigenvalue weighted by atomic mass is 9.85. The predicted molar refractivity (Wildman–Crippen MR) is 172 cm³/mol. The summed E-state index contributed by atoms with van der Waals surface area (Å²) in [6, 6.07) is 12.8. The number of anilines is 2. The van der Waals surface area contributed by atoms with E-state index in [0.29, 0.717) is 48.2 Å². The highest BCUT2D eigenvalue weighted by Gasteiger charge is 2.46. The van der Waals surface area contributed by atoms with Crippen molar-refractivity contribution in [2.45, 2.75) is 76.0 Å². The fraction of sp³-hybridized carbons (Fsp3) is 0.457. The summed E-state index contributed by atoms with van der Waals surface area (Å²) < 4.78 is 31.3. The first-order valence-corrected chi connectivity index (χ1v) is 16.4. The zero-order chi connectivity index (χ0) is 32.7. The van der Waals surface area contributed by atoms with Crippen LogP contribution in [-0.2, 0) is 22.7 Å². The molecule has 3 fully saturated rings. The number of aryl methyl sites for hydroxylation is 1. The molecule has 3 amide bonds. The van der Waals surface area contributed by atoms with Crippen LogP contribution in [0.15, 0.2) is 54.9 Å². The van der Waals surface area contributed by atoms with Gasteiger partial charge in [0.25, 0.3) is 11.8 Å². The van der Waals surface area contributed by atoms with Crippen molar-refractivity contribution in [3.63, 3.8) is 0 Å². The number of alkyl halides is 2. The first kappa shape index (κ1) is 31.2. The number of aromatic nitrogens is 2. The fourth-order valence-corrected chi connectivity index (χ4v) is 7.37. The molecular formula is C35H39F2N7O3. The number of hydrogen-bond acceptors (Lipinski definition) is 8. The van der Waals surface area contributed by atoms with E-state index in [4.69, 9.17) is 0 Å². The Balaban J connectivity index is 0.925. The number of halogens is 2. The van der Waals surface area contributed by atoms with Gasteiger partial charge in [0.15, 0.2) is 0 Å². The largest absolute Gasteiger partial charge is 0.371 e. The maximum absolute atomic E-state index is 15.7. The summed E-state index contributed by atoms with van der Waals surface area (Å²) in [4.78, 5) is 51.3. The first-order valence-electron chi connectivity index (χ1n) is 16.4. The standard InChI is InChI=1S/C35H39F2N7O3/c1-22-17-38-34(39-18-22)40-26-10-14-43(15-11-26)27-5-2-23(3-6-27)19-42-13-12-29(35(36,37)21-42)24-4-7-28-25(16-24)20-44(33(28)47)30-8-9-31(45)41-32(30)46/h2-7,16-18,26,29-30H,8-15,19-21H2,1H3,(H,38,39,40)(H,41,45,46). The lowest BCUT2D eigenvalue weighted by Gasteiger charge is -2.39. The minimum Gasteiger partial charge on any atom is -0.371 e. The van der Waals surface area contributed by atoms with Crippen LogP contribution in [-0.4, -0.2) is 81.7 Å². The molecule has 246 valence electrons. The Morgan fingerprint density at radius 1 is 0.957 bits per heavy atom. The number of nitrogens with zero attached hydrogens (tertiary/aromatic N) is 5. The fourth-order valence-electron chi connectivity index (χ4n) is 7.37. The molecule has 4 aliphatic rings. The third-order valence-corrected chi connectivity index (χ3v) is 9.94. The van der Waals surface area contributed by atoms with Gasteiger partial charge in [-0.1, -0.05) is 24.3 Å². The van der Waals surface area contributed by atoms with Crippen LogP contribution < -0.4 is 15.5 Å². The van der Waals surface area contributed by atoms with Gasteiger partial charge in [0, 0.05) is 62.3 Å². The molecule has 3 aromatic rings. The molecule has 2 aromatic carbocycles. The number of carbonyl (C=O) groups is 3. The highest BCUT2D eigenvalue weighted by Crippen LogP contribution is 2.42. The number of fused-ring (bicyclic) bond motifs is 1. The van der Waals surface area contributed by atoms with Crippen molar-refractivity contribution in [1.82, 2.24) is 25.1 Å². The van der Waals surface area contributed by atoms with E-state index in [2.05, 4.69) is 37.6 Å². The van der Waals surface area contributed by atoms with Crippen LogP contribution in [0.25, 0.3) is 0 Å². The second-order valence-corrected chi connectivity index (χ2v) is 13.3. The summed E-state index contributed by atoms with van der Waals surface area (Å²) in [6.45, 7) is 4.60. The number of benzene rings is 2. The lowest BCUT2D eigenvalue weighted by molar-refractivity contribution is -0.136. The minimum atomic E-state index is -2.94. The number of imide groups is 1. The average molecular weight is 644 g/mol. The average Bonchev–Trinajstić information content (AvgIpc) is 3.37. The minimum absolute atomic E-state index is 0.166. The van der Waals surface area contributed by atoms with Crippen LogP contribution in [0.3, 0.4) is 0 Å². The van der Waals surface area contributed by atoms with Gasteiger partial charge in [-0.3, -0.25) is 24.6 Å². The van der Waals surface area contributed by atoms with Gasteiger partial charge in [0.05, 0.1) is 12.5 Å². The zero-order valence-corrected chi connectivity index (χ0v) is 26.4. The van der Waals surface area contributed by atoms with E-state index in [1.54, 1.807) is 18.2 Å². The summed E-state index contributed by atoms with van der Waals surface area (Å²) in [6.07, 6.45) is 6.30. The van der Waals surface area contributed by atoms with Crippen LogP contribution >= 0.6 is 0 Å². The molecule has 7 rings (SSSR count). The Labute approximate surface area is 272 Å². The highest BCUT2D eigenvalue weighted by atomic mass is 19.3. The molecule has 0 radical (unpaired) electrons. The molecule has 0 aliphatic carbocycles. The van der Waals surface area contributed by atoms with E-state index >= 15 is 8.78 Å². The molecule has 0 spiro atoms. The number of rotatable bonds is 7. The third kappa shape index (κ3) is 6.56. The van der Waals surface area contributed by atoms with Crippen LogP contribution in [0, 0.1) is 6.92 Å². The van der Waals surface area contributed by atoms with Crippen molar-refractivity contribution in [2.24, 2.45) is 0 Å². The van der Waals surface area contributed by atoms with Gasteiger partial charge < -0.3 is 15.1 Å². The van der Waals surface area contributed by atoms with E-state index in [-0.39, 0.29) is 37.7 Å². The molecule has 2 atom stereocenters. The second-order valence-electron chi connectivity index (χ2n) is 13.3. The molecule has 1 aromatic heterocycles. The summed E-state index contributed by atoms with van der Waals surface area (Å²) in [7, 11) is 0. The molecule has 5 heterocycles. The van der Waals surface area contributed by atoms with Crippen molar-refractivity contribution < 1.29 is 23.2 Å². The van der Waals surface area contributed by atoms with Crippen molar-refractivity contribution in [3.8, 4) is 0 Å². The van der Waals surface area contributed by atoms with E-state index < -0.39 is 23.8 Å². The van der Waals surface area contributed by atoms with Gasteiger partial charge in [-0.2, -0.15) is 0 Å². The van der Waals surface area contributed by atoms with Crippen molar-refractivity contribution in [2.75, 3.05) is 36.4 Å². The van der Waals surface area contributed by atoms with Crippen molar-refractivity contribution in [1.29, 1.82) is 0 Å². The first-order chi connectivity index (χ1) is 22.6. The molecule has 12 heteroatoms. The van der Waals surface area contributed by atoms with Gasteiger partial charge in [-0.05, 0) is 79.6 Å². The van der Waals surface area contributed by atoms with Gasteiger partial charge in [-0.25, -0.2) is 18.7 Å². The molecule has 2 N–H and O–H groups in total. The molecule has 4 aliphatic heterocycles. The molecule has 2 unspecified atom stereocenters. The maximum atomic E-state index is 15.7. The summed E-state index contributed by atoms with van der Waals surface area (Å²) in [5, 5.41) is 5.72. The number of amides is 3. The predicted octanol–water partition coefficient (Wildman–Crippen LogP) is 4.25. The van der Waals surface area contributed by atoms with Crippen molar-refractivity contribution in [3.05, 3.63) is 82.7 Å². The summed E-state index contributed by atoms with van der Waals surface area (Å²) in [5.41, 5.74) is 4.76. The monoisotopic (exact) mass is 643 g/mol. The molecular weight excluding hydrogens is 604 g/mol. The number of likely N-dealkylation sites (tertiary alicyclic amines) is 1. The Morgan fingerprint density at radius 3 is 2.40 bits per heavy atom. The van der Waals surface area contributed by atoms with Gasteiger partial charge >= 0.3 is 0 Å². The Kier molecular flexibility index (Phi) is 8.37. The van der Waals surface area contributed by atoms with Crippen LogP contribution in [0.4, 0.5) is 20.4 Å². The van der Waals surface area contributed by atoms with Gasteiger partial charge in [0.1, 0.15) is 6.04 Å². The van der Waals surface area contributed by atoms with E-state index in [0.717, 1.165) is 42.7 Å². The third-order valence-electron chi connectivity index (χ3n) is 9.94. The Bertz CT molecular complexity index is 1660. The quantitative estimate of drug-likeness (QED) is 0.368. The maximum Gasteiger partial charge on any atom is 0.267 e. The number of hydrogen-bond donors (Lipinski definition) is 2. The number of carbonyl (C=O) groups excluding carboxylic acids is 3. The van der Waals surface area contributed by atoms with E-state index in [1.807, 2.05) is 36.4 Å². The molecule has 3 saturated heterocycles. The summed E-state index contributed by atoms with van der Waals surface area (Å²) in [5.74, 6) is -4.38. The smallest absolute Gasteiger partial charge is 0.267 e. The summed E-state index contributed by atoms with van der Waals surface area (Å²) >= 11 is 0. The van der Waals surface area contributed by atoms with Gasteiger partial charge in [-0.15, -0.1) is 0 Å².